The summed E-state index contributed by atoms with van der Waals surface area (Å²) >= 11 is 2.02. The van der Waals surface area contributed by atoms with Crippen molar-refractivity contribution in [2.45, 2.75) is 162 Å². The lowest BCUT2D eigenvalue weighted by atomic mass is 9.33. The monoisotopic (exact) mass is 899 g/mol. The van der Waals surface area contributed by atoms with Crippen molar-refractivity contribution in [3.63, 3.8) is 0 Å². The van der Waals surface area contributed by atoms with E-state index in [1.165, 1.54) is 129 Å². The van der Waals surface area contributed by atoms with Gasteiger partial charge in [0.2, 0.25) is 0 Å². The molecule has 0 saturated carbocycles. The third-order valence-electron chi connectivity index (χ3n) is 16.9. The number of benzene rings is 6. The van der Waals surface area contributed by atoms with Crippen LogP contribution in [0.25, 0.3) is 21.2 Å². The number of fused-ring (bicyclic) bond motifs is 9. The van der Waals surface area contributed by atoms with Crippen LogP contribution in [0.1, 0.15) is 162 Å². The molecule has 0 amide bonds. The van der Waals surface area contributed by atoms with Gasteiger partial charge in [0, 0.05) is 33.0 Å². The van der Waals surface area contributed by atoms with Gasteiger partial charge in [-0.15, -0.1) is 11.3 Å². The summed E-state index contributed by atoms with van der Waals surface area (Å²) in [6.45, 7) is 36.4. The van der Waals surface area contributed by atoms with Gasteiger partial charge >= 0.3 is 0 Å². The average Bonchev–Trinajstić information content (AvgIpc) is 3.64. The minimum absolute atomic E-state index is 0.0109. The van der Waals surface area contributed by atoms with Crippen molar-refractivity contribution in [2.24, 2.45) is 0 Å². The lowest BCUT2D eigenvalue weighted by molar-refractivity contribution is 0.332. The minimum atomic E-state index is -0.0411. The summed E-state index contributed by atoms with van der Waals surface area (Å²) in [6.07, 6.45) is 4.71. The first kappa shape index (κ1) is 44.5. The Bertz CT molecular complexity index is 3160. The summed E-state index contributed by atoms with van der Waals surface area (Å²) in [6, 6.07) is 43.6. The van der Waals surface area contributed by atoms with Gasteiger partial charge in [0.1, 0.15) is 0 Å². The van der Waals surface area contributed by atoms with Gasteiger partial charge in [-0.05, 0) is 180 Å². The maximum absolute atomic E-state index is 2.77. The molecule has 0 fully saturated rings. The van der Waals surface area contributed by atoms with E-state index < -0.39 is 0 Å². The van der Waals surface area contributed by atoms with E-state index >= 15 is 0 Å². The van der Waals surface area contributed by atoms with E-state index in [1.54, 1.807) is 0 Å². The highest BCUT2D eigenvalue weighted by molar-refractivity contribution is 7.26. The van der Waals surface area contributed by atoms with Crippen LogP contribution in [0.5, 0.6) is 0 Å². The maximum Gasteiger partial charge on any atom is 0.254 e. The molecule has 11 rings (SSSR count). The number of nitrogens with zero attached hydrogens (tertiary/aromatic N) is 2. The van der Waals surface area contributed by atoms with E-state index in [0.29, 0.717) is 0 Å². The molecule has 0 unspecified atom stereocenters. The number of hydrogen-bond acceptors (Lipinski definition) is 3. The van der Waals surface area contributed by atoms with Crippen LogP contribution in [-0.2, 0) is 32.5 Å². The molecular weight excluding hydrogens is 828 g/mol. The Balaban J connectivity index is 1.31. The molecule has 67 heavy (non-hydrogen) atoms. The minimum Gasteiger partial charge on any atom is -0.310 e. The predicted octanol–water partition coefficient (Wildman–Crippen LogP) is 16.3. The van der Waals surface area contributed by atoms with Crippen LogP contribution in [0, 0.1) is 6.92 Å². The smallest absolute Gasteiger partial charge is 0.254 e. The normalized spacial score (nSPS) is 18.5. The van der Waals surface area contributed by atoms with E-state index in [2.05, 4.69) is 223 Å². The SMILES string of the molecule is Cc1cc2c3c(c1)N(c1ccc(C(C)(C)C)cc1-c1ccccc1)c1c(ccc4c1C(C)(C)CCC4(C)C)B3c1c(sc3cc4c(cc13)C(C)(C)CCC4(C)C)N2c1ccc(C(C)(C)C)cc1. The third kappa shape index (κ3) is 6.76. The molecule has 3 heterocycles. The highest BCUT2D eigenvalue weighted by Gasteiger charge is 2.50. The number of aryl methyl sites for hydroxylation is 1. The Kier molecular flexibility index (Phi) is 9.61. The van der Waals surface area contributed by atoms with Crippen molar-refractivity contribution in [3.8, 4) is 11.1 Å². The van der Waals surface area contributed by atoms with Gasteiger partial charge in [-0.1, -0.05) is 158 Å². The average molecular weight is 899 g/mol. The van der Waals surface area contributed by atoms with E-state index in [-0.39, 0.29) is 39.2 Å². The molecule has 4 heteroatoms. The molecule has 2 aliphatic carbocycles. The summed E-state index contributed by atoms with van der Waals surface area (Å²) in [4.78, 5) is 5.43. The van der Waals surface area contributed by atoms with Crippen molar-refractivity contribution < 1.29 is 0 Å². The van der Waals surface area contributed by atoms with Crippen LogP contribution in [0.2, 0.25) is 0 Å². The standard InChI is InChI=1S/C63H71BN2S/c1-38-33-50-55-51(34-38)66(49-28-23-41(59(5,6)7)35-43(49)39-19-17-16-18-20-39)56-48(27-26-45-53(56)63(14,15)32-31-60(45,8)9)64(55)54-44-36-46-47(62(12,13)30-29-61(46,10)11)37-52(44)67-57(54)65(50)42-24-21-40(22-25-42)58(2,3)4/h16-28,33-37H,29-32H2,1-15H3. The van der Waals surface area contributed by atoms with E-state index in [0.717, 1.165) is 6.42 Å². The largest absolute Gasteiger partial charge is 0.310 e. The van der Waals surface area contributed by atoms with Gasteiger partial charge in [-0.3, -0.25) is 0 Å². The van der Waals surface area contributed by atoms with Crippen LogP contribution in [0.15, 0.2) is 109 Å². The van der Waals surface area contributed by atoms with Gasteiger partial charge < -0.3 is 9.80 Å². The Labute approximate surface area is 406 Å². The van der Waals surface area contributed by atoms with Crippen molar-refractivity contribution in [1.82, 2.24) is 0 Å². The van der Waals surface area contributed by atoms with E-state index in [1.807, 2.05) is 11.3 Å². The Hall–Kier alpha value is -5.06. The van der Waals surface area contributed by atoms with Gasteiger partial charge in [-0.25, -0.2) is 0 Å². The first-order chi connectivity index (χ1) is 31.4. The second kappa shape index (κ2) is 14.5. The van der Waals surface area contributed by atoms with Crippen molar-refractivity contribution in [1.29, 1.82) is 0 Å². The number of anilines is 6. The second-order valence-electron chi connectivity index (χ2n) is 25.6. The molecule has 6 aromatic carbocycles. The molecule has 1 aromatic heterocycles. The molecule has 0 bridgehead atoms. The third-order valence-corrected chi connectivity index (χ3v) is 18.1. The summed E-state index contributed by atoms with van der Waals surface area (Å²) < 4.78 is 1.41. The molecule has 0 spiro atoms. The topological polar surface area (TPSA) is 6.48 Å². The molecule has 342 valence electrons. The van der Waals surface area contributed by atoms with E-state index in [9.17, 15) is 0 Å². The molecule has 2 aliphatic heterocycles. The molecule has 2 nitrogen and oxygen atoms in total. The molecule has 0 atom stereocenters. The maximum atomic E-state index is 2.77. The van der Waals surface area contributed by atoms with Crippen LogP contribution < -0.4 is 26.2 Å². The zero-order valence-corrected chi connectivity index (χ0v) is 43.9. The lowest BCUT2D eigenvalue weighted by Crippen LogP contribution is -2.61. The molecular formula is C63H71BN2S. The summed E-state index contributed by atoms with van der Waals surface area (Å²) in [5, 5.41) is 2.79. The quantitative estimate of drug-likeness (QED) is 0.163. The highest BCUT2D eigenvalue weighted by atomic mass is 32.1. The highest BCUT2D eigenvalue weighted by Crippen LogP contribution is 2.56. The Morgan fingerprint density at radius 3 is 1.72 bits per heavy atom. The molecule has 0 saturated heterocycles. The fourth-order valence-electron chi connectivity index (χ4n) is 12.6. The number of thiophene rings is 1. The molecule has 4 aliphatic rings. The Morgan fingerprint density at radius 1 is 0.522 bits per heavy atom. The predicted molar refractivity (Wildman–Crippen MR) is 294 cm³/mol. The zero-order valence-electron chi connectivity index (χ0n) is 43.1. The summed E-state index contributed by atoms with van der Waals surface area (Å²) in [7, 11) is 0. The molecule has 0 radical (unpaired) electrons. The van der Waals surface area contributed by atoms with E-state index in [4.69, 9.17) is 0 Å². The van der Waals surface area contributed by atoms with Crippen LogP contribution >= 0.6 is 11.3 Å². The second-order valence-corrected chi connectivity index (χ2v) is 26.7. The molecule has 7 aromatic rings. The molecule has 0 N–H and O–H groups in total. The first-order valence-electron chi connectivity index (χ1n) is 25.2. The number of hydrogen-bond donors (Lipinski definition) is 0. The van der Waals surface area contributed by atoms with Gasteiger partial charge in [0.25, 0.3) is 6.71 Å². The van der Waals surface area contributed by atoms with Gasteiger partial charge in [0.15, 0.2) is 0 Å². The van der Waals surface area contributed by atoms with Crippen LogP contribution in [0.4, 0.5) is 33.4 Å². The summed E-state index contributed by atoms with van der Waals surface area (Å²) in [5.41, 5.74) is 23.7. The first-order valence-corrected chi connectivity index (χ1v) is 26.0. The van der Waals surface area contributed by atoms with Crippen molar-refractivity contribution in [2.75, 3.05) is 9.80 Å². The van der Waals surface area contributed by atoms with Crippen LogP contribution in [-0.4, -0.2) is 6.71 Å². The summed E-state index contributed by atoms with van der Waals surface area (Å²) in [5.74, 6) is 0. The number of rotatable bonds is 3. The lowest BCUT2D eigenvalue weighted by Gasteiger charge is -2.49. The van der Waals surface area contributed by atoms with Gasteiger partial charge in [-0.2, -0.15) is 0 Å². The zero-order chi connectivity index (χ0) is 47.5. The fraction of sp³-hybridized carbons (Fsp3) is 0.397. The Morgan fingerprint density at radius 2 is 1.09 bits per heavy atom. The van der Waals surface area contributed by atoms with Crippen molar-refractivity contribution >= 4 is 78.0 Å². The fourth-order valence-corrected chi connectivity index (χ4v) is 13.9. The van der Waals surface area contributed by atoms with Gasteiger partial charge in [0.05, 0.1) is 10.7 Å². The van der Waals surface area contributed by atoms with Crippen LogP contribution in [0.3, 0.4) is 0 Å². The van der Waals surface area contributed by atoms with Crippen molar-refractivity contribution in [3.05, 3.63) is 148 Å².